The van der Waals surface area contributed by atoms with Crippen LogP contribution in [0, 0.1) is 39.9 Å². The molecule has 678 valence electrons. The van der Waals surface area contributed by atoms with Crippen LogP contribution in [0.2, 0.25) is 65.9 Å². The molecule has 0 saturated heterocycles. The molecule has 0 amide bonds. The topological polar surface area (TPSA) is 536 Å². The van der Waals surface area contributed by atoms with Crippen LogP contribution in [0.4, 0.5) is 17.1 Å². The Morgan fingerprint density at radius 1 is 0.504 bits per heavy atom. The number of carbonyl (C=O) groups excluding carboxylic acids is 4. The van der Waals surface area contributed by atoms with Gasteiger partial charge in [0.15, 0.2) is 60.3 Å². The number of aromatic amines is 3. The Morgan fingerprint density at radius 2 is 0.866 bits per heavy atom. The fourth-order valence-electron chi connectivity index (χ4n) is 8.51. The average molecular weight is 2010 g/mol. The molecule has 6 aromatic heterocycles. The van der Waals surface area contributed by atoms with E-state index in [1.807, 2.05) is 60.4 Å². The predicted octanol–water partition coefficient (Wildman–Crippen LogP) is 21.0. The maximum atomic E-state index is 12.1. The molecular formula is C81H83Cl13N18O15. The molecule has 0 atom stereocenters. The number of hydrogen-bond donors (Lipinski definition) is 8. The molecule has 0 unspecified atom stereocenters. The molecule has 0 radical (unpaired) electrons. The first-order chi connectivity index (χ1) is 58.9. The van der Waals surface area contributed by atoms with Crippen LogP contribution in [-0.4, -0.2) is 106 Å². The summed E-state index contributed by atoms with van der Waals surface area (Å²) in [4.78, 5) is 101. The van der Waals surface area contributed by atoms with Crippen LogP contribution in [-0.2, 0) is 28.7 Å². The highest BCUT2D eigenvalue weighted by Gasteiger charge is 2.20. The first kappa shape index (κ1) is 114. The lowest BCUT2D eigenvalue weighted by molar-refractivity contribution is -0.140. The van der Waals surface area contributed by atoms with Crippen LogP contribution in [0.3, 0.4) is 0 Å². The number of aromatic nitrogens is 12. The second-order valence-electron chi connectivity index (χ2n) is 26.6. The van der Waals surface area contributed by atoms with Crippen molar-refractivity contribution in [2.45, 2.75) is 140 Å². The Balaban J connectivity index is 0.000000743. The molecule has 0 aliphatic rings. The van der Waals surface area contributed by atoms with Gasteiger partial charge in [-0.05, 0) is 122 Å². The van der Waals surface area contributed by atoms with Gasteiger partial charge in [-0.2, -0.15) is 15.8 Å². The average Bonchev–Trinajstić information content (AvgIpc) is 0.787. The third-order valence-corrected chi connectivity index (χ3v) is 18.1. The third-order valence-electron chi connectivity index (χ3n) is 14.6. The van der Waals surface area contributed by atoms with E-state index in [1.54, 1.807) is 81.4 Å². The van der Waals surface area contributed by atoms with E-state index in [1.165, 1.54) is 56.3 Å². The number of nitrogens with one attached hydrogen (secondary N) is 3. The SMILES string of the molecule is C.CC(=O)CC(=O)CC#N.CC(C)C(=O)O.CC(C)c1cc(Cl)nnc1Cl.CC(C)c1cc(Oc2c(Cl)cc(-n3cc(C#N)c(=O)[nH]c3=O)cc2Cl)n[nH]c1=O.CC(C)c1cc(Oc2c(Cl)cc(N)cc2Cl)n[nH]c1=O.CC(C)c1cc(Oc2c(Cl)cc(N)cc2Cl)nnc1Cl.CCO/C=C(\C#N)C(=O)CC(C)=O.Clc1ccc(Cl)nn1.Nc1cc(Cl)c(O)c(Cl)c1. The van der Waals surface area contributed by atoms with Gasteiger partial charge in [0.25, 0.3) is 16.7 Å². The number of hydrogen-bond acceptors (Lipinski definition) is 28. The maximum absolute atomic E-state index is 12.1. The summed E-state index contributed by atoms with van der Waals surface area (Å²) in [6.45, 7) is 23.6. The van der Waals surface area contributed by atoms with Crippen molar-refractivity contribution >= 4 is 197 Å². The zero-order chi connectivity index (χ0) is 95.9. The molecule has 10 aromatic rings. The summed E-state index contributed by atoms with van der Waals surface area (Å²) in [5.41, 5.74) is 18.4. The zero-order valence-corrected chi connectivity index (χ0v) is 78.5. The van der Waals surface area contributed by atoms with Gasteiger partial charge in [0.1, 0.15) is 41.1 Å². The highest BCUT2D eigenvalue weighted by Crippen LogP contribution is 2.42. The van der Waals surface area contributed by atoms with Gasteiger partial charge < -0.3 is 46.4 Å². The molecule has 4 aromatic carbocycles. The van der Waals surface area contributed by atoms with Crippen LogP contribution in [0.15, 0.2) is 122 Å². The van der Waals surface area contributed by atoms with Crippen molar-refractivity contribution in [3.8, 4) is 64.5 Å². The lowest BCUT2D eigenvalue weighted by atomic mass is 10.1. The summed E-state index contributed by atoms with van der Waals surface area (Å²) in [7, 11) is 0. The van der Waals surface area contributed by atoms with Crippen molar-refractivity contribution in [1.82, 2.24) is 60.5 Å². The number of benzene rings is 4. The Morgan fingerprint density at radius 3 is 1.21 bits per heavy atom. The molecule has 10 rings (SSSR count). The molecular weight excluding hydrogens is 1930 g/mol. The smallest absolute Gasteiger partial charge is 0.332 e. The highest BCUT2D eigenvalue weighted by molar-refractivity contribution is 6.40. The van der Waals surface area contributed by atoms with Crippen molar-refractivity contribution in [1.29, 1.82) is 15.8 Å². The summed E-state index contributed by atoms with van der Waals surface area (Å²) in [6.07, 6.45) is 1.67. The van der Waals surface area contributed by atoms with Crippen molar-refractivity contribution in [2.75, 3.05) is 23.8 Å². The number of carboxylic acid groups (broad SMARTS) is 1. The van der Waals surface area contributed by atoms with E-state index in [0.29, 0.717) is 76.5 Å². The molecule has 127 heavy (non-hydrogen) atoms. The van der Waals surface area contributed by atoms with E-state index in [-0.39, 0.29) is 166 Å². The summed E-state index contributed by atoms with van der Waals surface area (Å²) in [5.74, 6) is -0.682. The normalized spacial score (nSPS) is 10.2. The largest absolute Gasteiger partial charge is 0.505 e. The number of carboxylic acids is 1. The number of H-pyrrole nitrogens is 3. The molecule has 33 nitrogen and oxygen atoms in total. The van der Waals surface area contributed by atoms with E-state index in [2.05, 4.69) is 51.0 Å². The second-order valence-corrected chi connectivity index (χ2v) is 31.7. The van der Waals surface area contributed by atoms with Gasteiger partial charge in [0, 0.05) is 52.6 Å². The highest BCUT2D eigenvalue weighted by atomic mass is 35.5. The number of nitrogens with zero attached hydrogens (tertiary/aromatic N) is 12. The predicted molar refractivity (Wildman–Crippen MR) is 494 cm³/mol. The van der Waals surface area contributed by atoms with E-state index < -0.39 is 23.0 Å². The number of phenolic OH excluding ortho intramolecular Hbond substituents is 1. The lowest BCUT2D eigenvalue weighted by Gasteiger charge is -2.13. The van der Waals surface area contributed by atoms with Crippen LogP contribution in [0.25, 0.3) is 5.69 Å². The van der Waals surface area contributed by atoms with E-state index in [9.17, 15) is 43.2 Å². The van der Waals surface area contributed by atoms with Crippen molar-refractivity contribution in [2.24, 2.45) is 5.92 Å². The number of rotatable bonds is 20. The Kier molecular flexibility index (Phi) is 51.2. The van der Waals surface area contributed by atoms with Crippen molar-refractivity contribution in [3.63, 3.8) is 0 Å². The standard InChI is InChI=1S/C18H13Cl2N5O4.C13H12Cl3N3O.C13H13Cl2N3O2.C9H11NO3.C7H8Cl2N2.C6H5Cl2NO.C6H7NO2.C4H2Cl2N2.C4H8O2.CH4/c1-8(2)11-5-14(23-24-17(11)27)29-15-12(19)3-10(4-13(15)20)25-7-9(6-21)16(26)22-18(25)28;1-6(2)8-5-11(18-19-13(8)16)20-12-9(14)3-7(17)4-10(12)15;1-6(2)8-5-11(17-18-13(8)19)20-12-9(14)3-7(16)4-10(12)15;1-3-13-6-8(5-10)9(12)4-7(2)11;1-4(2)5-3-6(8)10-11-7(5)9;7-4-1-3(9)2-5(8)6(4)10;1-5(8)4-6(9)2-3-7;5-3-1-2-4(6)8-7-3;1-3(2)4(5)6;/h3-5,7-8H,1-2H3,(H,24,27)(H,22,26,28);3-6H,17H2,1-2H3;3-6H,16H2,1-2H3,(H,18,19);6H,3-4H2,1-2H3;3-4H,1-2H3;1-2,10H,9H2;2,4H2,1H3;1-2H;3H,1-2H3,(H,5,6);1H4/b;;;8-6+;;;;;;. The molecule has 0 aliphatic heterocycles. The van der Waals surface area contributed by atoms with Crippen LogP contribution in [0.5, 0.6) is 40.6 Å². The number of carbonyl (C=O) groups is 5. The summed E-state index contributed by atoms with van der Waals surface area (Å²) < 4.78 is 22.6. The van der Waals surface area contributed by atoms with Crippen LogP contribution in [0.1, 0.15) is 168 Å². The van der Waals surface area contributed by atoms with Crippen molar-refractivity contribution < 1.29 is 53.1 Å². The summed E-state index contributed by atoms with van der Waals surface area (Å²) in [6, 6.07) is 26.5. The summed E-state index contributed by atoms with van der Waals surface area (Å²) in [5, 5.41) is 80.2. The number of phenols is 1. The maximum Gasteiger partial charge on any atom is 0.332 e. The fourth-order valence-corrected chi connectivity index (χ4v) is 11.7. The number of ketones is 4. The number of anilines is 3. The minimum atomic E-state index is -0.795. The van der Waals surface area contributed by atoms with Gasteiger partial charge in [0.05, 0.1) is 83.7 Å². The molecule has 0 saturated carbocycles. The number of aliphatic carboxylic acids is 1. The number of Topliss-reactive ketones (excluding diaryl/α,β-unsaturated/α-hetero) is 4. The third kappa shape index (κ3) is 40.7. The summed E-state index contributed by atoms with van der Waals surface area (Å²) >= 11 is 75.8. The van der Waals surface area contributed by atoms with Gasteiger partial charge in [-0.1, -0.05) is 227 Å². The van der Waals surface area contributed by atoms with E-state index in [4.69, 9.17) is 213 Å². The molecule has 46 heteroatoms. The zero-order valence-electron chi connectivity index (χ0n) is 68.7. The number of allylic oxidation sites excluding steroid dienone is 1. The number of aromatic hydroxyl groups is 1. The van der Waals surface area contributed by atoms with Gasteiger partial charge in [-0.3, -0.25) is 47.9 Å². The molecule has 0 bridgehead atoms. The first-order valence-corrected chi connectivity index (χ1v) is 40.9. The number of halogens is 13. The van der Waals surface area contributed by atoms with Crippen LogP contribution >= 0.6 is 151 Å². The molecule has 0 spiro atoms. The quantitative estimate of drug-likeness (QED) is 0.00877. The van der Waals surface area contributed by atoms with E-state index >= 15 is 0 Å². The minimum Gasteiger partial charge on any atom is -0.505 e. The Hall–Kier alpha value is -10.9. The Labute approximate surface area is 793 Å². The Bertz CT molecular complexity index is 5780. The number of nitrogens with two attached hydrogens (primary N) is 3. The number of nitriles is 3. The second kappa shape index (κ2) is 57.0. The first-order valence-electron chi connectivity index (χ1n) is 36.0. The number of nitrogen functional groups attached to an aromatic ring is 3. The van der Waals surface area contributed by atoms with Gasteiger partial charge >= 0.3 is 11.7 Å². The van der Waals surface area contributed by atoms with Crippen LogP contribution < -0.4 is 53.8 Å². The van der Waals surface area contributed by atoms with Crippen molar-refractivity contribution in [3.05, 3.63) is 238 Å². The fraction of sp³-hybridized carbons (Fsp3) is 0.284. The minimum absolute atomic E-state index is 0. The van der Waals surface area contributed by atoms with E-state index in [0.717, 1.165) is 28.2 Å². The molecule has 11 N–H and O–H groups in total. The molecule has 6 heterocycles. The van der Waals surface area contributed by atoms with Gasteiger partial charge in [0.2, 0.25) is 17.6 Å². The molecule has 0 aliphatic carbocycles. The molecule has 0 fully saturated rings. The van der Waals surface area contributed by atoms with Gasteiger partial charge in [-0.15, -0.1) is 40.8 Å². The number of ether oxygens (including phenoxy) is 4. The van der Waals surface area contributed by atoms with Gasteiger partial charge in [-0.25, -0.2) is 15.0 Å². The lowest BCUT2D eigenvalue weighted by Crippen LogP contribution is -2.30. The monoisotopic (exact) mass is 2000 g/mol.